The summed E-state index contributed by atoms with van der Waals surface area (Å²) in [7, 11) is 0. The van der Waals surface area contributed by atoms with Gasteiger partial charge in [0.05, 0.1) is 30.8 Å². The molecule has 3 aromatic rings. The second-order valence-electron chi connectivity index (χ2n) is 7.05. The highest BCUT2D eigenvalue weighted by Crippen LogP contribution is 2.18. The summed E-state index contributed by atoms with van der Waals surface area (Å²) in [4.78, 5) is 16.4. The number of hydrogen-bond donors (Lipinski definition) is 2. The molecule has 0 aliphatic carbocycles. The molecule has 1 aromatic carbocycles. The second kappa shape index (κ2) is 10.4. The van der Waals surface area contributed by atoms with Gasteiger partial charge in [0.25, 0.3) is 0 Å². The van der Waals surface area contributed by atoms with Crippen molar-refractivity contribution in [1.82, 2.24) is 20.1 Å². The number of fused-ring (bicyclic) bond motifs is 1. The number of ether oxygens (including phenoxy) is 1. The minimum absolute atomic E-state index is 0.0163. The summed E-state index contributed by atoms with van der Waals surface area (Å²) in [5.74, 6) is -0.176. The van der Waals surface area contributed by atoms with Gasteiger partial charge in [0.2, 0.25) is 5.91 Å². The van der Waals surface area contributed by atoms with Gasteiger partial charge in [0, 0.05) is 30.9 Å². The van der Waals surface area contributed by atoms with E-state index in [2.05, 4.69) is 20.1 Å². The van der Waals surface area contributed by atoms with Crippen LogP contribution in [0, 0.1) is 0 Å². The van der Waals surface area contributed by atoms with Crippen molar-refractivity contribution >= 4 is 16.8 Å². The lowest BCUT2D eigenvalue weighted by molar-refractivity contribution is -0.176. The van der Waals surface area contributed by atoms with E-state index in [0.717, 1.165) is 10.9 Å². The van der Waals surface area contributed by atoms with Crippen molar-refractivity contribution in [2.45, 2.75) is 32.2 Å². The zero-order chi connectivity index (χ0) is 22.3. The van der Waals surface area contributed by atoms with Crippen molar-refractivity contribution in [3.63, 3.8) is 0 Å². The van der Waals surface area contributed by atoms with Crippen molar-refractivity contribution < 1.29 is 27.8 Å². The van der Waals surface area contributed by atoms with Crippen molar-refractivity contribution in [2.75, 3.05) is 19.8 Å². The summed E-state index contributed by atoms with van der Waals surface area (Å²) in [5, 5.41) is 16.8. The molecule has 0 radical (unpaired) electrons. The van der Waals surface area contributed by atoms with Gasteiger partial charge in [0.1, 0.15) is 6.61 Å². The standard InChI is InChI=1S/C21H23F3N4O3/c22-21(23,24)14-31-13-16-4-2-15(3-5-16)11-28-12-17-18(27-28)6-8-25-19(17)10-20(30)26-7-1-9-29/h2-6,8,12,29H,1,7,9-11,13-14H2,(H,26,30). The Balaban J connectivity index is 1.62. The summed E-state index contributed by atoms with van der Waals surface area (Å²) in [6, 6.07) is 8.83. The van der Waals surface area contributed by atoms with E-state index < -0.39 is 12.8 Å². The van der Waals surface area contributed by atoms with Gasteiger partial charge in [-0.25, -0.2) is 0 Å². The van der Waals surface area contributed by atoms with Crippen LogP contribution >= 0.6 is 0 Å². The number of alkyl halides is 3. The molecule has 0 aliphatic rings. The third-order valence-electron chi connectivity index (χ3n) is 4.45. The van der Waals surface area contributed by atoms with Gasteiger partial charge >= 0.3 is 6.18 Å². The molecule has 2 aromatic heterocycles. The van der Waals surface area contributed by atoms with E-state index in [1.165, 1.54) is 0 Å². The Hall–Kier alpha value is -2.98. The third-order valence-corrected chi connectivity index (χ3v) is 4.45. The number of amides is 1. The Kier molecular flexibility index (Phi) is 7.59. The third kappa shape index (κ3) is 7.04. The van der Waals surface area contributed by atoms with E-state index in [-0.39, 0.29) is 25.5 Å². The number of rotatable bonds is 10. The van der Waals surface area contributed by atoms with Gasteiger partial charge in [-0.05, 0) is 23.6 Å². The molecular weight excluding hydrogens is 413 g/mol. The topological polar surface area (TPSA) is 89.3 Å². The largest absolute Gasteiger partial charge is 0.411 e. The fourth-order valence-electron chi connectivity index (χ4n) is 3.00. The highest BCUT2D eigenvalue weighted by Gasteiger charge is 2.27. The lowest BCUT2D eigenvalue weighted by Gasteiger charge is -2.08. The molecule has 0 fully saturated rings. The average Bonchev–Trinajstić information content (AvgIpc) is 3.12. The predicted octanol–water partition coefficient (Wildman–Crippen LogP) is 2.60. The number of hydrogen-bond acceptors (Lipinski definition) is 5. The van der Waals surface area contributed by atoms with Gasteiger partial charge in [-0.1, -0.05) is 24.3 Å². The fourth-order valence-corrected chi connectivity index (χ4v) is 3.00. The summed E-state index contributed by atoms with van der Waals surface area (Å²) < 4.78 is 42.8. The van der Waals surface area contributed by atoms with Crippen LogP contribution in [0.1, 0.15) is 23.2 Å². The highest BCUT2D eigenvalue weighted by atomic mass is 19.4. The van der Waals surface area contributed by atoms with E-state index in [4.69, 9.17) is 5.11 Å². The van der Waals surface area contributed by atoms with Crippen LogP contribution in [-0.2, 0) is 29.1 Å². The summed E-state index contributed by atoms with van der Waals surface area (Å²) in [6.45, 7) is -0.504. The zero-order valence-electron chi connectivity index (χ0n) is 16.7. The van der Waals surface area contributed by atoms with Crippen molar-refractivity contribution in [2.24, 2.45) is 0 Å². The Morgan fingerprint density at radius 1 is 1.16 bits per heavy atom. The lowest BCUT2D eigenvalue weighted by Crippen LogP contribution is -2.26. The maximum atomic E-state index is 12.2. The van der Waals surface area contributed by atoms with Crippen molar-refractivity contribution in [1.29, 1.82) is 0 Å². The molecule has 7 nitrogen and oxygen atoms in total. The van der Waals surface area contributed by atoms with Crippen LogP contribution in [-0.4, -0.2) is 51.7 Å². The first-order valence-electron chi connectivity index (χ1n) is 9.75. The smallest absolute Gasteiger partial charge is 0.396 e. The van der Waals surface area contributed by atoms with Crippen LogP contribution < -0.4 is 5.32 Å². The van der Waals surface area contributed by atoms with Gasteiger partial charge in [-0.2, -0.15) is 18.3 Å². The molecule has 1 amide bonds. The van der Waals surface area contributed by atoms with E-state index in [1.54, 1.807) is 29.1 Å². The van der Waals surface area contributed by atoms with E-state index in [9.17, 15) is 18.0 Å². The molecule has 166 valence electrons. The number of benzene rings is 1. The summed E-state index contributed by atoms with van der Waals surface area (Å²) in [5.41, 5.74) is 2.90. The van der Waals surface area contributed by atoms with Crippen molar-refractivity contribution in [3.05, 3.63) is 59.5 Å². The molecule has 0 atom stereocenters. The van der Waals surface area contributed by atoms with Crippen LogP contribution in [0.4, 0.5) is 13.2 Å². The molecule has 0 saturated heterocycles. The van der Waals surface area contributed by atoms with Crippen LogP contribution in [0.2, 0.25) is 0 Å². The Bertz CT molecular complexity index is 1000. The zero-order valence-corrected chi connectivity index (χ0v) is 16.7. The Labute approximate surface area is 176 Å². The number of nitrogens with zero attached hydrogens (tertiary/aromatic N) is 3. The van der Waals surface area contributed by atoms with E-state index in [1.807, 2.05) is 18.3 Å². The van der Waals surface area contributed by atoms with Crippen LogP contribution in [0.3, 0.4) is 0 Å². The van der Waals surface area contributed by atoms with Crippen LogP contribution in [0.5, 0.6) is 0 Å². The van der Waals surface area contributed by atoms with Gasteiger partial charge < -0.3 is 15.2 Å². The molecule has 0 aliphatic heterocycles. The normalized spacial score (nSPS) is 11.7. The molecule has 0 saturated carbocycles. The van der Waals surface area contributed by atoms with Gasteiger partial charge in [-0.15, -0.1) is 0 Å². The number of aliphatic hydroxyl groups excluding tert-OH is 1. The van der Waals surface area contributed by atoms with E-state index >= 15 is 0 Å². The number of aliphatic hydroxyl groups is 1. The molecule has 31 heavy (non-hydrogen) atoms. The molecule has 0 unspecified atom stereocenters. The Morgan fingerprint density at radius 3 is 2.61 bits per heavy atom. The average molecular weight is 436 g/mol. The molecular formula is C21H23F3N4O3. The number of carbonyl (C=O) groups is 1. The predicted molar refractivity (Wildman–Crippen MR) is 107 cm³/mol. The van der Waals surface area contributed by atoms with Crippen LogP contribution in [0.15, 0.2) is 42.7 Å². The first kappa shape index (κ1) is 22.7. The quantitative estimate of drug-likeness (QED) is 0.477. The van der Waals surface area contributed by atoms with Gasteiger partial charge in [-0.3, -0.25) is 14.5 Å². The molecule has 10 heteroatoms. The molecule has 0 spiro atoms. The molecule has 0 bridgehead atoms. The number of aromatic nitrogens is 3. The Morgan fingerprint density at radius 2 is 1.90 bits per heavy atom. The first-order valence-corrected chi connectivity index (χ1v) is 9.75. The highest BCUT2D eigenvalue weighted by molar-refractivity contribution is 5.86. The number of carbonyl (C=O) groups excluding carboxylic acids is 1. The maximum absolute atomic E-state index is 12.2. The summed E-state index contributed by atoms with van der Waals surface area (Å²) in [6.07, 6.45) is -0.309. The van der Waals surface area contributed by atoms with Gasteiger partial charge in [0.15, 0.2) is 0 Å². The SMILES string of the molecule is O=C(Cc1nccc2nn(Cc3ccc(COCC(F)(F)F)cc3)cc12)NCCCO. The van der Waals surface area contributed by atoms with E-state index in [0.29, 0.717) is 36.3 Å². The number of nitrogens with one attached hydrogen (secondary N) is 1. The lowest BCUT2D eigenvalue weighted by atomic mass is 10.1. The van der Waals surface area contributed by atoms with Crippen molar-refractivity contribution in [3.8, 4) is 0 Å². The minimum atomic E-state index is -4.34. The van der Waals surface area contributed by atoms with Crippen LogP contribution in [0.25, 0.3) is 10.9 Å². The second-order valence-corrected chi connectivity index (χ2v) is 7.05. The molecule has 2 N–H and O–H groups in total. The number of pyridine rings is 1. The molecule has 2 heterocycles. The minimum Gasteiger partial charge on any atom is -0.396 e. The number of halogens is 3. The summed E-state index contributed by atoms with van der Waals surface area (Å²) >= 11 is 0. The fraction of sp³-hybridized carbons (Fsp3) is 0.381. The monoisotopic (exact) mass is 436 g/mol. The molecule has 3 rings (SSSR count). The first-order chi connectivity index (χ1) is 14.8. The maximum Gasteiger partial charge on any atom is 0.411 e.